The largest absolute Gasteiger partial charge is 0.469 e. The van der Waals surface area contributed by atoms with Gasteiger partial charge in [0.2, 0.25) is 0 Å². The summed E-state index contributed by atoms with van der Waals surface area (Å²) in [5.74, 6) is -1.22. The minimum Gasteiger partial charge on any atom is -0.469 e. The van der Waals surface area contributed by atoms with Crippen LogP contribution in [0.25, 0.3) is 0 Å². The van der Waals surface area contributed by atoms with Crippen LogP contribution in [0.5, 0.6) is 0 Å². The molecule has 2 aliphatic rings. The molecular formula is C27H50O6Si. The number of carbonyl (C=O) groups excluding carboxylic acids is 1. The van der Waals surface area contributed by atoms with Gasteiger partial charge in [0.25, 0.3) is 0 Å². The lowest BCUT2D eigenvalue weighted by atomic mass is 9.94. The van der Waals surface area contributed by atoms with E-state index in [1.807, 2.05) is 6.08 Å². The summed E-state index contributed by atoms with van der Waals surface area (Å²) in [6.07, 6.45) is 13.1. The SMILES string of the molecule is CCCCC[C@H](C=CC1(OC2(CC(=O)OC)CCCC2)CCC(O)CO1)O[Si](C)(C)C(C)(C)C. The number of rotatable bonds is 12. The molecule has 1 saturated heterocycles. The second-order valence-corrected chi connectivity index (χ2v) is 16.6. The molecular weight excluding hydrogens is 448 g/mol. The van der Waals surface area contributed by atoms with Gasteiger partial charge in [0.05, 0.1) is 37.9 Å². The van der Waals surface area contributed by atoms with E-state index in [0.29, 0.717) is 12.8 Å². The predicted molar refractivity (Wildman–Crippen MR) is 138 cm³/mol. The van der Waals surface area contributed by atoms with Gasteiger partial charge in [-0.2, -0.15) is 0 Å². The molecule has 0 bridgehead atoms. The molecule has 0 aromatic rings. The van der Waals surface area contributed by atoms with Gasteiger partial charge in [0.15, 0.2) is 14.1 Å². The van der Waals surface area contributed by atoms with Crippen LogP contribution in [-0.2, 0) is 23.4 Å². The first-order chi connectivity index (χ1) is 15.9. The van der Waals surface area contributed by atoms with Crippen LogP contribution in [0.2, 0.25) is 18.1 Å². The maximum Gasteiger partial charge on any atom is 0.308 e. The topological polar surface area (TPSA) is 74.2 Å². The molecule has 1 heterocycles. The van der Waals surface area contributed by atoms with E-state index >= 15 is 0 Å². The van der Waals surface area contributed by atoms with Crippen LogP contribution in [0.15, 0.2) is 12.2 Å². The highest BCUT2D eigenvalue weighted by atomic mass is 28.4. The van der Waals surface area contributed by atoms with Gasteiger partial charge in [-0.15, -0.1) is 0 Å². The molecule has 1 N–H and O–H groups in total. The molecule has 0 spiro atoms. The summed E-state index contributed by atoms with van der Waals surface area (Å²) in [7, 11) is -0.538. The minimum absolute atomic E-state index is 0.0106. The lowest BCUT2D eigenvalue weighted by molar-refractivity contribution is -0.288. The number of ether oxygens (including phenoxy) is 3. The van der Waals surface area contributed by atoms with Gasteiger partial charge in [-0.25, -0.2) is 0 Å². The Morgan fingerprint density at radius 2 is 1.88 bits per heavy atom. The highest BCUT2D eigenvalue weighted by Crippen LogP contribution is 2.43. The summed E-state index contributed by atoms with van der Waals surface area (Å²) in [6.45, 7) is 13.8. The molecule has 2 fully saturated rings. The van der Waals surface area contributed by atoms with E-state index in [4.69, 9.17) is 18.6 Å². The average Bonchev–Trinajstić information content (AvgIpc) is 3.20. The third-order valence-corrected chi connectivity index (χ3v) is 12.4. The fourth-order valence-corrected chi connectivity index (χ4v) is 5.95. The van der Waals surface area contributed by atoms with E-state index in [1.165, 1.54) is 20.0 Å². The van der Waals surface area contributed by atoms with Crippen molar-refractivity contribution >= 4 is 14.3 Å². The maximum absolute atomic E-state index is 12.2. The summed E-state index contributed by atoms with van der Waals surface area (Å²) in [5.41, 5.74) is -0.586. The highest BCUT2D eigenvalue weighted by molar-refractivity contribution is 6.74. The van der Waals surface area contributed by atoms with Crippen molar-refractivity contribution in [3.63, 3.8) is 0 Å². The molecule has 0 aromatic carbocycles. The summed E-state index contributed by atoms with van der Waals surface area (Å²) in [5, 5.41) is 10.2. The minimum atomic E-state index is -1.96. The Balaban J connectivity index is 2.29. The number of aliphatic hydroxyl groups is 1. The van der Waals surface area contributed by atoms with Crippen molar-refractivity contribution in [3.05, 3.63) is 12.2 Å². The van der Waals surface area contributed by atoms with Crippen molar-refractivity contribution in [2.75, 3.05) is 13.7 Å². The quantitative estimate of drug-likeness (QED) is 0.148. The smallest absolute Gasteiger partial charge is 0.308 e. The molecule has 0 aromatic heterocycles. The number of esters is 1. The molecule has 0 amide bonds. The van der Waals surface area contributed by atoms with Crippen molar-refractivity contribution in [3.8, 4) is 0 Å². The van der Waals surface area contributed by atoms with Crippen LogP contribution in [0.3, 0.4) is 0 Å². The molecule has 3 atom stereocenters. The Bertz CT molecular complexity index is 655. The molecule has 34 heavy (non-hydrogen) atoms. The zero-order chi connectivity index (χ0) is 25.5. The Morgan fingerprint density at radius 1 is 1.21 bits per heavy atom. The average molecular weight is 499 g/mol. The predicted octanol–water partition coefficient (Wildman–Crippen LogP) is 6.27. The second-order valence-electron chi connectivity index (χ2n) is 11.8. The number of hydrogen-bond donors (Lipinski definition) is 1. The van der Waals surface area contributed by atoms with Crippen LogP contribution in [0.4, 0.5) is 0 Å². The summed E-state index contributed by atoms with van der Waals surface area (Å²) in [6, 6.07) is 0. The summed E-state index contributed by atoms with van der Waals surface area (Å²) in [4.78, 5) is 12.2. The van der Waals surface area contributed by atoms with Crippen LogP contribution >= 0.6 is 0 Å². The van der Waals surface area contributed by atoms with Crippen molar-refractivity contribution in [1.29, 1.82) is 0 Å². The molecule has 2 rings (SSSR count). The van der Waals surface area contributed by atoms with Gasteiger partial charge >= 0.3 is 5.97 Å². The molecule has 1 aliphatic heterocycles. The van der Waals surface area contributed by atoms with Crippen LogP contribution in [0, 0.1) is 0 Å². The first-order valence-electron chi connectivity index (χ1n) is 13.3. The number of carbonyl (C=O) groups is 1. The number of hydrogen-bond acceptors (Lipinski definition) is 6. The van der Waals surface area contributed by atoms with E-state index in [1.54, 1.807) is 0 Å². The lowest BCUT2D eigenvalue weighted by Crippen LogP contribution is -2.49. The lowest BCUT2D eigenvalue weighted by Gasteiger charge is -2.43. The van der Waals surface area contributed by atoms with E-state index in [-0.39, 0.29) is 30.1 Å². The molecule has 2 unspecified atom stereocenters. The van der Waals surface area contributed by atoms with Gasteiger partial charge in [0, 0.05) is 6.42 Å². The first-order valence-corrected chi connectivity index (χ1v) is 16.2. The van der Waals surface area contributed by atoms with Gasteiger partial charge in [-0.3, -0.25) is 4.79 Å². The molecule has 1 saturated carbocycles. The van der Waals surface area contributed by atoms with E-state index in [0.717, 1.165) is 38.5 Å². The monoisotopic (exact) mass is 498 g/mol. The molecule has 198 valence electrons. The number of unbranched alkanes of at least 4 members (excludes halogenated alkanes) is 2. The van der Waals surface area contributed by atoms with Crippen molar-refractivity contribution in [1.82, 2.24) is 0 Å². The van der Waals surface area contributed by atoms with Crippen molar-refractivity contribution in [2.45, 2.75) is 140 Å². The normalized spacial score (nSPS) is 26.6. The van der Waals surface area contributed by atoms with E-state index in [2.05, 4.69) is 46.9 Å². The molecule has 1 aliphatic carbocycles. The fraction of sp³-hybridized carbons (Fsp3) is 0.889. The third kappa shape index (κ3) is 8.44. The van der Waals surface area contributed by atoms with Crippen molar-refractivity contribution in [2.24, 2.45) is 0 Å². The summed E-state index contributed by atoms with van der Waals surface area (Å²) >= 11 is 0. The molecule has 7 heteroatoms. The van der Waals surface area contributed by atoms with Crippen LogP contribution in [-0.4, -0.2) is 56.7 Å². The van der Waals surface area contributed by atoms with Gasteiger partial charge in [-0.1, -0.05) is 65.9 Å². The third-order valence-electron chi connectivity index (χ3n) is 7.85. The zero-order valence-electron chi connectivity index (χ0n) is 22.8. The van der Waals surface area contributed by atoms with Gasteiger partial charge in [0.1, 0.15) is 0 Å². The van der Waals surface area contributed by atoms with Gasteiger partial charge < -0.3 is 23.7 Å². The fourth-order valence-electron chi connectivity index (χ4n) is 4.64. The zero-order valence-corrected chi connectivity index (χ0v) is 23.8. The standard InChI is InChI=1S/C27H50O6Si/c1-8-9-10-13-23(32-34(6,7)25(2,3)4)15-19-27(18-14-22(28)21-31-27)33-26(16-11-12-17-26)20-24(29)30-5/h15,19,22-23,28H,8-14,16-18,20-21H2,1-7H3/t22?,23-,27?/m1/s1. The number of aliphatic hydroxyl groups excluding tert-OH is 1. The Labute approximate surface area is 208 Å². The number of methoxy groups -OCH3 is 1. The Hall–Kier alpha value is -0.733. The maximum atomic E-state index is 12.2. The van der Waals surface area contributed by atoms with Crippen LogP contribution in [0.1, 0.15) is 98.3 Å². The van der Waals surface area contributed by atoms with E-state index < -0.39 is 25.8 Å². The molecule has 6 nitrogen and oxygen atoms in total. The first kappa shape index (κ1) is 29.5. The van der Waals surface area contributed by atoms with Crippen LogP contribution < -0.4 is 0 Å². The van der Waals surface area contributed by atoms with E-state index in [9.17, 15) is 9.90 Å². The highest BCUT2D eigenvalue weighted by Gasteiger charge is 2.47. The molecule has 0 radical (unpaired) electrons. The summed E-state index contributed by atoms with van der Waals surface area (Å²) < 4.78 is 24.7. The Morgan fingerprint density at radius 3 is 2.41 bits per heavy atom. The second kappa shape index (κ2) is 12.5. The van der Waals surface area contributed by atoms with Gasteiger partial charge in [-0.05, 0) is 49.9 Å². The van der Waals surface area contributed by atoms with Crippen molar-refractivity contribution < 1.29 is 28.5 Å². The Kier molecular flexibility index (Phi) is 10.8.